The normalized spacial score (nSPS) is 12.8. The molecule has 0 rings (SSSR count). The molecule has 6 nitrogen and oxygen atoms in total. The van der Waals surface area contributed by atoms with Crippen molar-refractivity contribution in [2.24, 2.45) is 0 Å². The van der Waals surface area contributed by atoms with Crippen molar-refractivity contribution in [3.63, 3.8) is 0 Å². The molecule has 0 aliphatic heterocycles. The van der Waals surface area contributed by atoms with Crippen molar-refractivity contribution in [3.8, 4) is 0 Å². The molecule has 0 aromatic heterocycles. The van der Waals surface area contributed by atoms with Gasteiger partial charge in [0, 0.05) is 19.3 Å². The van der Waals surface area contributed by atoms with E-state index >= 15 is 0 Å². The second kappa shape index (κ2) is 52.9. The van der Waals surface area contributed by atoms with Gasteiger partial charge in [0.25, 0.3) is 0 Å². The molecule has 0 amide bonds. The molecule has 0 saturated heterocycles. The topological polar surface area (TPSA) is 78.9 Å². The number of rotatable bonds is 47. The summed E-state index contributed by atoms with van der Waals surface area (Å²) in [6.07, 6.45) is 69.8. The van der Waals surface area contributed by atoms with Crippen molar-refractivity contribution in [3.05, 3.63) is 97.2 Å². The van der Waals surface area contributed by atoms with Gasteiger partial charge in [-0.05, 0) is 89.9 Å². The largest absolute Gasteiger partial charge is 0.462 e. The highest BCUT2D eigenvalue weighted by Gasteiger charge is 2.19. The summed E-state index contributed by atoms with van der Waals surface area (Å²) in [7, 11) is 0. The second-order valence-electron chi connectivity index (χ2n) is 17.4. The Kier molecular flexibility index (Phi) is 50.0. The molecule has 1 atom stereocenters. The van der Waals surface area contributed by atoms with E-state index in [1.54, 1.807) is 0 Å². The van der Waals surface area contributed by atoms with E-state index in [9.17, 15) is 14.4 Å². The Morgan fingerprint density at radius 1 is 0.323 bits per heavy atom. The van der Waals surface area contributed by atoms with Gasteiger partial charge in [-0.2, -0.15) is 0 Å². The first-order chi connectivity index (χ1) is 32.0. The average Bonchev–Trinajstić information content (AvgIpc) is 3.30. The van der Waals surface area contributed by atoms with E-state index in [1.807, 2.05) is 6.08 Å². The summed E-state index contributed by atoms with van der Waals surface area (Å²) in [6, 6.07) is 0. The number of hydrogen-bond donors (Lipinski definition) is 0. The van der Waals surface area contributed by atoms with Crippen LogP contribution in [0.15, 0.2) is 97.2 Å². The molecular formula is C59H98O6. The van der Waals surface area contributed by atoms with E-state index < -0.39 is 6.10 Å². The maximum Gasteiger partial charge on any atom is 0.306 e. The molecule has 0 spiro atoms. The molecule has 0 fully saturated rings. The number of carbonyl (C=O) groups is 3. The summed E-state index contributed by atoms with van der Waals surface area (Å²) in [6.45, 7) is 6.41. The summed E-state index contributed by atoms with van der Waals surface area (Å²) < 4.78 is 16.7. The second-order valence-corrected chi connectivity index (χ2v) is 17.4. The molecule has 0 saturated carbocycles. The fourth-order valence-corrected chi connectivity index (χ4v) is 7.09. The fraction of sp³-hybridized carbons (Fsp3) is 0.678. The monoisotopic (exact) mass is 903 g/mol. The predicted octanol–water partition coefficient (Wildman–Crippen LogP) is 17.8. The summed E-state index contributed by atoms with van der Waals surface area (Å²) in [4.78, 5) is 37.9. The highest BCUT2D eigenvalue weighted by Crippen LogP contribution is 2.14. The third kappa shape index (κ3) is 51.2. The highest BCUT2D eigenvalue weighted by atomic mass is 16.6. The first-order valence-electron chi connectivity index (χ1n) is 26.7. The van der Waals surface area contributed by atoms with Crippen LogP contribution < -0.4 is 0 Å². The highest BCUT2D eigenvalue weighted by molar-refractivity contribution is 5.71. The molecule has 0 aromatic carbocycles. The maximum atomic E-state index is 12.8. The zero-order valence-electron chi connectivity index (χ0n) is 42.2. The third-order valence-electron chi connectivity index (χ3n) is 11.1. The molecular weight excluding hydrogens is 805 g/mol. The molecule has 0 N–H and O–H groups in total. The minimum Gasteiger partial charge on any atom is -0.462 e. The van der Waals surface area contributed by atoms with Crippen LogP contribution in [0.1, 0.15) is 239 Å². The molecule has 0 bridgehead atoms. The SMILES string of the molecule is CC/C=C\C/C=C\C/C=C\C/C=C\C/C=C\C/C=C\CCC(=O)OC[C@@H](COC(=O)CCCCCCCCCCC)OC(=O)CCCCCCCCCCC/C=C\C/C=C\CCCCC. The Hall–Kier alpha value is -3.67. The van der Waals surface area contributed by atoms with Crippen molar-refractivity contribution < 1.29 is 28.6 Å². The van der Waals surface area contributed by atoms with Crippen molar-refractivity contribution >= 4 is 17.9 Å². The van der Waals surface area contributed by atoms with Gasteiger partial charge in [-0.3, -0.25) is 14.4 Å². The van der Waals surface area contributed by atoms with E-state index in [0.717, 1.165) is 83.5 Å². The zero-order chi connectivity index (χ0) is 47.2. The molecule has 370 valence electrons. The van der Waals surface area contributed by atoms with Crippen LogP contribution in [0.25, 0.3) is 0 Å². The molecule has 0 aliphatic rings. The Balaban J connectivity index is 4.43. The average molecular weight is 903 g/mol. The Morgan fingerprint density at radius 2 is 0.631 bits per heavy atom. The Bertz CT molecular complexity index is 1310. The van der Waals surface area contributed by atoms with Crippen molar-refractivity contribution in [1.29, 1.82) is 0 Å². The minimum atomic E-state index is -0.808. The van der Waals surface area contributed by atoms with Gasteiger partial charge >= 0.3 is 17.9 Å². The lowest BCUT2D eigenvalue weighted by Crippen LogP contribution is -2.30. The van der Waals surface area contributed by atoms with Crippen LogP contribution in [0.3, 0.4) is 0 Å². The Labute approximate surface area is 400 Å². The van der Waals surface area contributed by atoms with Crippen LogP contribution in [-0.4, -0.2) is 37.2 Å². The maximum absolute atomic E-state index is 12.8. The molecule has 6 heteroatoms. The van der Waals surface area contributed by atoms with Crippen LogP contribution in [0, 0.1) is 0 Å². The lowest BCUT2D eigenvalue weighted by molar-refractivity contribution is -0.166. The van der Waals surface area contributed by atoms with Crippen molar-refractivity contribution in [2.75, 3.05) is 13.2 Å². The van der Waals surface area contributed by atoms with E-state index in [0.29, 0.717) is 19.3 Å². The summed E-state index contributed by atoms with van der Waals surface area (Å²) in [5, 5.41) is 0. The van der Waals surface area contributed by atoms with Gasteiger partial charge in [0.15, 0.2) is 6.10 Å². The molecule has 65 heavy (non-hydrogen) atoms. The molecule has 0 radical (unpaired) electrons. The van der Waals surface area contributed by atoms with Gasteiger partial charge in [-0.1, -0.05) is 227 Å². The third-order valence-corrected chi connectivity index (χ3v) is 11.1. The van der Waals surface area contributed by atoms with Crippen LogP contribution in [0.4, 0.5) is 0 Å². The number of unbranched alkanes of at least 4 members (excludes halogenated alkanes) is 20. The van der Waals surface area contributed by atoms with E-state index in [1.165, 1.54) is 109 Å². The lowest BCUT2D eigenvalue weighted by Gasteiger charge is -2.18. The lowest BCUT2D eigenvalue weighted by atomic mass is 10.1. The molecule has 0 unspecified atom stereocenters. The Morgan fingerprint density at radius 3 is 1.06 bits per heavy atom. The van der Waals surface area contributed by atoms with Crippen LogP contribution in [-0.2, 0) is 28.6 Å². The smallest absolute Gasteiger partial charge is 0.306 e. The minimum absolute atomic E-state index is 0.102. The summed E-state index contributed by atoms with van der Waals surface area (Å²) >= 11 is 0. The van der Waals surface area contributed by atoms with E-state index in [2.05, 4.69) is 112 Å². The van der Waals surface area contributed by atoms with Gasteiger partial charge in [-0.25, -0.2) is 0 Å². The first kappa shape index (κ1) is 61.3. The number of carbonyl (C=O) groups excluding carboxylic acids is 3. The molecule has 0 aliphatic carbocycles. The zero-order valence-corrected chi connectivity index (χ0v) is 42.2. The fourth-order valence-electron chi connectivity index (χ4n) is 7.09. The molecule has 0 heterocycles. The first-order valence-corrected chi connectivity index (χ1v) is 26.7. The standard InChI is InChI=1S/C59H98O6/c1-4-7-10-13-16-19-21-23-25-27-29-31-33-35-37-40-43-46-49-52-58(61)64-55-56(54-63-57(60)51-48-45-42-39-18-15-12-9-6-3)65-59(62)53-50-47-44-41-38-36-34-32-30-28-26-24-22-20-17-14-11-8-5-2/h7,10,16-17,19-20,23-26,29,31,35,37,43,46,56H,4-6,8-9,11-15,18,21-22,27-28,30,32-34,36,38-42,44-45,47-55H2,1-3H3/b10-7-,19-16-,20-17-,25-23-,26-24-,31-29-,37-35-,46-43-/t56-/m1/s1. The van der Waals surface area contributed by atoms with Crippen LogP contribution in [0.5, 0.6) is 0 Å². The summed E-state index contributed by atoms with van der Waals surface area (Å²) in [5.74, 6) is -0.998. The van der Waals surface area contributed by atoms with Gasteiger partial charge in [0.05, 0.1) is 0 Å². The van der Waals surface area contributed by atoms with Crippen LogP contribution >= 0.6 is 0 Å². The van der Waals surface area contributed by atoms with E-state index in [-0.39, 0.29) is 37.5 Å². The van der Waals surface area contributed by atoms with Gasteiger partial charge in [-0.15, -0.1) is 0 Å². The van der Waals surface area contributed by atoms with Crippen molar-refractivity contribution in [2.45, 2.75) is 245 Å². The van der Waals surface area contributed by atoms with E-state index in [4.69, 9.17) is 14.2 Å². The number of esters is 3. The number of allylic oxidation sites excluding steroid dienone is 16. The summed E-state index contributed by atoms with van der Waals surface area (Å²) in [5.41, 5.74) is 0. The van der Waals surface area contributed by atoms with Gasteiger partial charge in [0.1, 0.15) is 13.2 Å². The predicted molar refractivity (Wildman–Crippen MR) is 279 cm³/mol. The number of ether oxygens (including phenoxy) is 3. The van der Waals surface area contributed by atoms with Gasteiger partial charge < -0.3 is 14.2 Å². The number of hydrogen-bond acceptors (Lipinski definition) is 6. The van der Waals surface area contributed by atoms with Crippen molar-refractivity contribution in [1.82, 2.24) is 0 Å². The quantitative estimate of drug-likeness (QED) is 0.0262. The van der Waals surface area contributed by atoms with Gasteiger partial charge in [0.2, 0.25) is 0 Å². The van der Waals surface area contributed by atoms with Crippen LogP contribution in [0.2, 0.25) is 0 Å². The molecule has 0 aromatic rings.